The fourth-order valence-electron chi connectivity index (χ4n) is 2.70. The molecule has 1 aromatic carbocycles. The molecular formula is C19H20N2O4S3. The van der Waals surface area contributed by atoms with Crippen molar-refractivity contribution in [2.24, 2.45) is 0 Å². The first-order valence-corrected chi connectivity index (χ1v) is 12.5. The van der Waals surface area contributed by atoms with Crippen molar-refractivity contribution in [1.29, 1.82) is 0 Å². The summed E-state index contributed by atoms with van der Waals surface area (Å²) in [5.74, 6) is 0. The zero-order valence-electron chi connectivity index (χ0n) is 15.1. The van der Waals surface area contributed by atoms with Gasteiger partial charge in [-0.3, -0.25) is 4.98 Å². The molecule has 0 aliphatic carbocycles. The second kappa shape index (κ2) is 8.52. The minimum absolute atomic E-state index is 0.132. The van der Waals surface area contributed by atoms with Gasteiger partial charge < -0.3 is 0 Å². The summed E-state index contributed by atoms with van der Waals surface area (Å²) in [5, 5.41) is -1.09. The lowest BCUT2D eigenvalue weighted by atomic mass is 10.2. The lowest BCUT2D eigenvalue weighted by molar-refractivity contribution is 0.569. The van der Waals surface area contributed by atoms with Crippen LogP contribution >= 0.6 is 11.3 Å². The van der Waals surface area contributed by atoms with Crippen LogP contribution in [0, 0.1) is 0 Å². The van der Waals surface area contributed by atoms with Gasteiger partial charge in [0.05, 0.1) is 4.90 Å². The summed E-state index contributed by atoms with van der Waals surface area (Å²) in [7, 11) is -7.63. The molecule has 1 unspecified atom stereocenters. The monoisotopic (exact) mass is 436 g/mol. The normalized spacial score (nSPS) is 13.3. The number of hydrogen-bond donors (Lipinski definition) is 1. The number of nitrogens with zero attached hydrogens (tertiary/aromatic N) is 1. The number of benzene rings is 1. The van der Waals surface area contributed by atoms with E-state index < -0.39 is 25.1 Å². The third kappa shape index (κ3) is 4.49. The van der Waals surface area contributed by atoms with E-state index in [2.05, 4.69) is 9.71 Å². The maximum absolute atomic E-state index is 13.2. The van der Waals surface area contributed by atoms with Gasteiger partial charge in [-0.1, -0.05) is 31.2 Å². The first-order valence-electron chi connectivity index (χ1n) is 8.62. The number of sulfonamides is 1. The van der Waals surface area contributed by atoms with E-state index >= 15 is 0 Å². The maximum atomic E-state index is 13.2. The lowest BCUT2D eigenvalue weighted by Crippen LogP contribution is -2.31. The van der Waals surface area contributed by atoms with Crippen molar-refractivity contribution in [1.82, 2.24) is 9.71 Å². The van der Waals surface area contributed by atoms with E-state index in [4.69, 9.17) is 0 Å². The predicted octanol–water partition coefficient (Wildman–Crippen LogP) is 3.20. The Morgan fingerprint density at radius 3 is 2.36 bits per heavy atom. The quantitative estimate of drug-likeness (QED) is 0.585. The van der Waals surface area contributed by atoms with Crippen molar-refractivity contribution in [3.05, 3.63) is 77.4 Å². The molecule has 0 saturated carbocycles. The largest absolute Gasteiger partial charge is 0.264 e. The molecule has 28 heavy (non-hydrogen) atoms. The van der Waals surface area contributed by atoms with Crippen molar-refractivity contribution >= 4 is 31.2 Å². The van der Waals surface area contributed by atoms with Crippen LogP contribution in [0.4, 0.5) is 0 Å². The van der Waals surface area contributed by atoms with Crippen LogP contribution in [-0.2, 0) is 26.3 Å². The highest BCUT2D eigenvalue weighted by Gasteiger charge is 2.31. The van der Waals surface area contributed by atoms with E-state index in [1.165, 1.54) is 41.9 Å². The van der Waals surface area contributed by atoms with E-state index in [0.29, 0.717) is 5.56 Å². The third-order valence-corrected chi connectivity index (χ3v) is 9.47. The Kier molecular flexibility index (Phi) is 6.29. The highest BCUT2D eigenvalue weighted by atomic mass is 32.2. The van der Waals surface area contributed by atoms with Crippen LogP contribution in [0.1, 0.15) is 22.6 Å². The molecule has 3 rings (SSSR count). The number of aromatic nitrogens is 1. The van der Waals surface area contributed by atoms with Gasteiger partial charge in [0, 0.05) is 23.8 Å². The summed E-state index contributed by atoms with van der Waals surface area (Å²) < 4.78 is 54.3. The molecule has 0 spiro atoms. The Morgan fingerprint density at radius 2 is 1.75 bits per heavy atom. The summed E-state index contributed by atoms with van der Waals surface area (Å²) in [5.41, 5.74) is 0.425. The minimum Gasteiger partial charge on any atom is -0.264 e. The van der Waals surface area contributed by atoms with E-state index in [9.17, 15) is 16.8 Å². The van der Waals surface area contributed by atoms with Crippen LogP contribution in [0.5, 0.6) is 0 Å². The van der Waals surface area contributed by atoms with Gasteiger partial charge in [0.15, 0.2) is 9.84 Å². The predicted molar refractivity (Wildman–Crippen MR) is 109 cm³/mol. The highest BCUT2D eigenvalue weighted by Crippen LogP contribution is 2.29. The van der Waals surface area contributed by atoms with Gasteiger partial charge in [0.25, 0.3) is 0 Å². The fourth-order valence-corrected chi connectivity index (χ4v) is 6.85. The molecule has 3 aromatic rings. The Bertz CT molecular complexity index is 1130. The average Bonchev–Trinajstić information content (AvgIpc) is 3.20. The molecule has 2 aromatic heterocycles. The zero-order chi connectivity index (χ0) is 20.2. The molecule has 0 bridgehead atoms. The van der Waals surface area contributed by atoms with Crippen LogP contribution in [0.25, 0.3) is 0 Å². The van der Waals surface area contributed by atoms with Crippen molar-refractivity contribution < 1.29 is 16.8 Å². The number of thiophene rings is 1. The summed E-state index contributed by atoms with van der Waals surface area (Å²) >= 11 is 1.18. The van der Waals surface area contributed by atoms with Crippen molar-refractivity contribution in [2.45, 2.75) is 27.7 Å². The van der Waals surface area contributed by atoms with Gasteiger partial charge in [-0.05, 0) is 42.3 Å². The van der Waals surface area contributed by atoms with Gasteiger partial charge in [0.2, 0.25) is 10.0 Å². The van der Waals surface area contributed by atoms with E-state index in [1.54, 1.807) is 36.4 Å². The van der Waals surface area contributed by atoms with Gasteiger partial charge in [-0.15, -0.1) is 11.3 Å². The molecule has 0 radical (unpaired) electrons. The molecule has 0 amide bonds. The van der Waals surface area contributed by atoms with E-state index in [1.807, 2.05) is 6.92 Å². The number of aryl methyl sites for hydroxylation is 1. The molecule has 1 atom stereocenters. The van der Waals surface area contributed by atoms with Crippen molar-refractivity contribution in [3.63, 3.8) is 0 Å². The van der Waals surface area contributed by atoms with Crippen molar-refractivity contribution in [3.8, 4) is 0 Å². The highest BCUT2D eigenvalue weighted by molar-refractivity contribution is 7.92. The van der Waals surface area contributed by atoms with Crippen LogP contribution < -0.4 is 4.72 Å². The Hall–Kier alpha value is -2.07. The number of sulfone groups is 1. The van der Waals surface area contributed by atoms with E-state index in [-0.39, 0.29) is 15.6 Å². The first kappa shape index (κ1) is 20.7. The molecule has 9 heteroatoms. The van der Waals surface area contributed by atoms with Crippen molar-refractivity contribution in [2.75, 3.05) is 6.54 Å². The molecule has 0 aliphatic rings. The van der Waals surface area contributed by atoms with Gasteiger partial charge >= 0.3 is 0 Å². The topological polar surface area (TPSA) is 93.2 Å². The van der Waals surface area contributed by atoms with Gasteiger partial charge in [0.1, 0.15) is 9.46 Å². The lowest BCUT2D eigenvalue weighted by Gasteiger charge is -2.18. The average molecular weight is 437 g/mol. The molecule has 2 heterocycles. The second-order valence-corrected chi connectivity index (χ2v) is 11.4. The number of pyridine rings is 1. The molecular weight excluding hydrogens is 416 g/mol. The number of rotatable bonds is 8. The van der Waals surface area contributed by atoms with E-state index in [0.717, 1.165) is 11.3 Å². The molecule has 0 saturated heterocycles. The standard InChI is InChI=1S/C19H20N2O4S3/c1-2-16-10-11-19(26-16)28(24,25)21-14-18(15-7-6-12-20-13-15)27(22,23)17-8-4-3-5-9-17/h3-13,18,21H,2,14H2,1H3. The van der Waals surface area contributed by atoms with Gasteiger partial charge in [-0.2, -0.15) is 0 Å². The Morgan fingerprint density at radius 1 is 1.00 bits per heavy atom. The summed E-state index contributed by atoms with van der Waals surface area (Å²) in [4.78, 5) is 5.07. The molecule has 1 N–H and O–H groups in total. The fraction of sp³-hybridized carbons (Fsp3) is 0.211. The molecule has 148 valence electrons. The van der Waals surface area contributed by atoms with Crippen LogP contribution in [0.15, 0.2) is 76.1 Å². The molecule has 0 aliphatic heterocycles. The summed E-state index contributed by atoms with van der Waals surface area (Å²) in [6.07, 6.45) is 3.72. The smallest absolute Gasteiger partial charge is 0.250 e. The third-order valence-electron chi connectivity index (χ3n) is 4.21. The van der Waals surface area contributed by atoms with Crippen LogP contribution in [0.3, 0.4) is 0 Å². The van der Waals surface area contributed by atoms with Crippen LogP contribution in [-0.4, -0.2) is 28.4 Å². The SMILES string of the molecule is CCc1ccc(S(=O)(=O)NCC(c2cccnc2)S(=O)(=O)c2ccccc2)s1. The first-order chi connectivity index (χ1) is 13.3. The number of nitrogens with one attached hydrogen (secondary N) is 1. The number of hydrogen-bond acceptors (Lipinski definition) is 6. The Labute approximate surface area is 169 Å². The minimum atomic E-state index is -3.82. The van der Waals surface area contributed by atoms with Crippen LogP contribution in [0.2, 0.25) is 0 Å². The zero-order valence-corrected chi connectivity index (χ0v) is 17.6. The maximum Gasteiger partial charge on any atom is 0.250 e. The molecule has 0 fully saturated rings. The second-order valence-electron chi connectivity index (χ2n) is 6.06. The summed E-state index contributed by atoms with van der Waals surface area (Å²) in [6, 6.07) is 14.6. The summed E-state index contributed by atoms with van der Waals surface area (Å²) in [6.45, 7) is 1.66. The Balaban J connectivity index is 1.93. The molecule has 6 nitrogen and oxygen atoms in total. The van der Waals surface area contributed by atoms with Gasteiger partial charge in [-0.25, -0.2) is 21.6 Å².